The van der Waals surface area contributed by atoms with Crippen LogP contribution in [0.2, 0.25) is 0 Å². The van der Waals surface area contributed by atoms with E-state index in [1.165, 1.54) is 16.7 Å². The second-order valence-corrected chi connectivity index (χ2v) is 3.74. The van der Waals surface area contributed by atoms with Gasteiger partial charge in [0.25, 0.3) is 0 Å². The zero-order valence-electron chi connectivity index (χ0n) is 8.80. The molecule has 0 saturated heterocycles. The molecule has 2 aliphatic rings. The third-order valence-electron chi connectivity index (χ3n) is 2.73. The number of rotatable bonds is 0. The van der Waals surface area contributed by atoms with Gasteiger partial charge in [-0.1, -0.05) is 48.6 Å². The molecular weight excluding hydrogens is 194 g/mol. The SMILES string of the molecule is C1=CC=C2C(=CC=Cc3ccccc32)N=C1. The molecule has 0 unspecified atom stereocenters. The highest BCUT2D eigenvalue weighted by atomic mass is 14.7. The van der Waals surface area contributed by atoms with E-state index in [0.717, 1.165) is 5.70 Å². The standard InChI is InChI=1S/C15H11N/c1-2-8-13-12(6-1)7-5-10-15-14(13)9-3-4-11-16-15/h1-11H. The lowest BCUT2D eigenvalue weighted by molar-refractivity contribution is 1.43. The third kappa shape index (κ3) is 1.47. The van der Waals surface area contributed by atoms with E-state index in [2.05, 4.69) is 53.6 Å². The molecule has 1 nitrogen and oxygen atoms in total. The Hall–Kier alpha value is -2.15. The summed E-state index contributed by atoms with van der Waals surface area (Å²) in [4.78, 5) is 4.43. The van der Waals surface area contributed by atoms with Crippen LogP contribution < -0.4 is 0 Å². The fourth-order valence-corrected chi connectivity index (χ4v) is 1.97. The summed E-state index contributed by atoms with van der Waals surface area (Å²) < 4.78 is 0. The topological polar surface area (TPSA) is 12.4 Å². The largest absolute Gasteiger partial charge is 0.256 e. The molecule has 0 fully saturated rings. The summed E-state index contributed by atoms with van der Waals surface area (Å²) in [5, 5.41) is 0. The second-order valence-electron chi connectivity index (χ2n) is 3.74. The maximum absolute atomic E-state index is 4.43. The molecule has 0 bridgehead atoms. The Morgan fingerprint density at radius 2 is 1.81 bits per heavy atom. The Balaban J connectivity index is 2.27. The Kier molecular flexibility index (Phi) is 2.15. The van der Waals surface area contributed by atoms with Crippen LogP contribution in [0.5, 0.6) is 0 Å². The van der Waals surface area contributed by atoms with Crippen LogP contribution >= 0.6 is 0 Å². The van der Waals surface area contributed by atoms with Gasteiger partial charge >= 0.3 is 0 Å². The molecule has 0 radical (unpaired) electrons. The smallest absolute Gasteiger partial charge is 0.0708 e. The summed E-state index contributed by atoms with van der Waals surface area (Å²) in [6, 6.07) is 8.39. The van der Waals surface area contributed by atoms with Gasteiger partial charge in [0.2, 0.25) is 0 Å². The molecule has 0 N–H and O–H groups in total. The first-order valence-corrected chi connectivity index (χ1v) is 5.34. The fraction of sp³-hybridized carbons (Fsp3) is 0. The molecular formula is C15H11N. The minimum absolute atomic E-state index is 1.02. The van der Waals surface area contributed by atoms with E-state index in [1.54, 1.807) is 0 Å². The van der Waals surface area contributed by atoms with Crippen LogP contribution in [0.1, 0.15) is 11.1 Å². The Morgan fingerprint density at radius 1 is 0.875 bits per heavy atom. The molecule has 1 aromatic carbocycles. The van der Waals surface area contributed by atoms with Crippen molar-refractivity contribution in [1.29, 1.82) is 0 Å². The summed E-state index contributed by atoms with van der Waals surface area (Å²) in [6.45, 7) is 0. The zero-order chi connectivity index (χ0) is 10.8. The van der Waals surface area contributed by atoms with Crippen LogP contribution in [0.4, 0.5) is 0 Å². The third-order valence-corrected chi connectivity index (χ3v) is 2.73. The normalized spacial score (nSPS) is 16.8. The van der Waals surface area contributed by atoms with Crippen molar-refractivity contribution in [3.8, 4) is 0 Å². The van der Waals surface area contributed by atoms with Gasteiger partial charge in [0.1, 0.15) is 0 Å². The van der Waals surface area contributed by atoms with Gasteiger partial charge in [0.05, 0.1) is 5.70 Å². The summed E-state index contributed by atoms with van der Waals surface area (Å²) >= 11 is 0. The van der Waals surface area contributed by atoms with Crippen LogP contribution in [0.15, 0.2) is 65.3 Å². The van der Waals surface area contributed by atoms with E-state index in [-0.39, 0.29) is 0 Å². The van der Waals surface area contributed by atoms with Gasteiger partial charge in [-0.2, -0.15) is 0 Å². The summed E-state index contributed by atoms with van der Waals surface area (Å²) in [6.07, 6.45) is 14.2. The lowest BCUT2D eigenvalue weighted by Gasteiger charge is -2.08. The molecule has 16 heavy (non-hydrogen) atoms. The lowest BCUT2D eigenvalue weighted by Crippen LogP contribution is -1.89. The van der Waals surface area contributed by atoms with E-state index < -0.39 is 0 Å². The number of fused-ring (bicyclic) bond motifs is 3. The van der Waals surface area contributed by atoms with E-state index in [1.807, 2.05) is 18.4 Å². The quantitative estimate of drug-likeness (QED) is 0.613. The van der Waals surface area contributed by atoms with Crippen molar-refractivity contribution in [1.82, 2.24) is 0 Å². The lowest BCUT2D eigenvalue weighted by atomic mass is 9.98. The number of aliphatic imine (C=N–C) groups is 1. The summed E-state index contributed by atoms with van der Waals surface area (Å²) in [5.41, 5.74) is 4.69. The van der Waals surface area contributed by atoms with Crippen molar-refractivity contribution in [3.05, 3.63) is 71.5 Å². The molecule has 1 heteroatoms. The van der Waals surface area contributed by atoms with Crippen molar-refractivity contribution >= 4 is 17.9 Å². The van der Waals surface area contributed by atoms with Crippen LogP contribution in [0, 0.1) is 0 Å². The number of allylic oxidation sites excluding steroid dienone is 6. The number of hydrogen-bond donors (Lipinski definition) is 0. The molecule has 1 aliphatic heterocycles. The monoisotopic (exact) mass is 205 g/mol. The van der Waals surface area contributed by atoms with Crippen LogP contribution in [-0.2, 0) is 0 Å². The van der Waals surface area contributed by atoms with Crippen LogP contribution in [0.3, 0.4) is 0 Å². The summed E-state index contributed by atoms with van der Waals surface area (Å²) in [5.74, 6) is 0. The van der Waals surface area contributed by atoms with E-state index in [0.29, 0.717) is 0 Å². The Bertz CT molecular complexity index is 569. The average molecular weight is 205 g/mol. The number of nitrogens with zero attached hydrogens (tertiary/aromatic N) is 1. The van der Waals surface area contributed by atoms with E-state index in [9.17, 15) is 0 Å². The Morgan fingerprint density at radius 3 is 2.81 bits per heavy atom. The molecule has 0 atom stereocenters. The van der Waals surface area contributed by atoms with Crippen LogP contribution in [0.25, 0.3) is 11.6 Å². The van der Waals surface area contributed by atoms with Gasteiger partial charge in [-0.3, -0.25) is 4.99 Å². The first kappa shape index (κ1) is 9.10. The van der Waals surface area contributed by atoms with Gasteiger partial charge in [-0.05, 0) is 23.3 Å². The van der Waals surface area contributed by atoms with Gasteiger partial charge in [0.15, 0.2) is 0 Å². The van der Waals surface area contributed by atoms with Crippen molar-refractivity contribution in [3.63, 3.8) is 0 Å². The zero-order valence-corrected chi connectivity index (χ0v) is 8.80. The number of hydrogen-bond acceptors (Lipinski definition) is 1. The van der Waals surface area contributed by atoms with E-state index >= 15 is 0 Å². The van der Waals surface area contributed by atoms with E-state index in [4.69, 9.17) is 0 Å². The molecule has 1 heterocycles. The highest BCUT2D eigenvalue weighted by Crippen LogP contribution is 2.30. The first-order valence-electron chi connectivity index (χ1n) is 5.34. The van der Waals surface area contributed by atoms with Crippen molar-refractivity contribution in [2.75, 3.05) is 0 Å². The molecule has 1 aliphatic carbocycles. The van der Waals surface area contributed by atoms with Crippen molar-refractivity contribution in [2.24, 2.45) is 4.99 Å². The minimum atomic E-state index is 1.02. The molecule has 0 saturated carbocycles. The molecule has 3 rings (SSSR count). The van der Waals surface area contributed by atoms with Crippen LogP contribution in [-0.4, -0.2) is 6.21 Å². The molecule has 0 aromatic heterocycles. The van der Waals surface area contributed by atoms with Crippen molar-refractivity contribution in [2.45, 2.75) is 0 Å². The van der Waals surface area contributed by atoms with Gasteiger partial charge in [-0.25, -0.2) is 0 Å². The highest BCUT2D eigenvalue weighted by Gasteiger charge is 2.11. The van der Waals surface area contributed by atoms with Gasteiger partial charge in [-0.15, -0.1) is 0 Å². The maximum atomic E-state index is 4.43. The fourth-order valence-electron chi connectivity index (χ4n) is 1.97. The van der Waals surface area contributed by atoms with Crippen molar-refractivity contribution < 1.29 is 0 Å². The molecule has 0 amide bonds. The second kappa shape index (κ2) is 3.78. The van der Waals surface area contributed by atoms with Gasteiger partial charge < -0.3 is 0 Å². The number of benzene rings is 1. The Labute approximate surface area is 94.8 Å². The minimum Gasteiger partial charge on any atom is -0.256 e. The highest BCUT2D eigenvalue weighted by molar-refractivity contribution is 5.90. The predicted octanol–water partition coefficient (Wildman–Crippen LogP) is 3.62. The van der Waals surface area contributed by atoms with Gasteiger partial charge in [0, 0.05) is 11.8 Å². The molecule has 1 aromatic rings. The molecule has 76 valence electrons. The summed E-state index contributed by atoms with van der Waals surface area (Å²) in [7, 11) is 0. The maximum Gasteiger partial charge on any atom is 0.0708 e. The first-order chi connectivity index (χ1) is 7.95. The average Bonchev–Trinajstić information content (AvgIpc) is 2.62. The predicted molar refractivity (Wildman–Crippen MR) is 69.2 cm³/mol. The molecule has 0 spiro atoms.